The molecule has 0 bridgehead atoms. The molecule has 0 saturated carbocycles. The molecule has 1 amide bonds. The Balaban J connectivity index is 1.88. The molecule has 0 aromatic carbocycles. The van der Waals surface area contributed by atoms with Gasteiger partial charge in [-0.25, -0.2) is 9.97 Å². The minimum absolute atomic E-state index is 0.107. The molecule has 1 unspecified atom stereocenters. The average molecular weight is 280 g/mol. The highest BCUT2D eigenvalue weighted by Crippen LogP contribution is 2.30. The molecule has 1 saturated heterocycles. The lowest BCUT2D eigenvalue weighted by Crippen LogP contribution is -2.34. The molecule has 3 rings (SSSR count). The van der Waals surface area contributed by atoms with Crippen molar-refractivity contribution in [3.63, 3.8) is 0 Å². The van der Waals surface area contributed by atoms with Crippen LogP contribution in [-0.4, -0.2) is 33.4 Å². The molecule has 5 nitrogen and oxygen atoms in total. The Bertz CT molecular complexity index is 592. The molecular formula is C11H12N4OS2. The van der Waals surface area contributed by atoms with Crippen LogP contribution in [0.2, 0.25) is 0 Å². The van der Waals surface area contributed by atoms with Gasteiger partial charge in [-0.05, 0) is 12.2 Å². The molecule has 18 heavy (non-hydrogen) atoms. The number of thioether (sulfide) groups is 1. The summed E-state index contributed by atoms with van der Waals surface area (Å²) < 4.78 is 0. The summed E-state index contributed by atoms with van der Waals surface area (Å²) in [5, 5.41) is 3.01. The van der Waals surface area contributed by atoms with Gasteiger partial charge in [0, 0.05) is 24.2 Å². The predicted octanol–water partition coefficient (Wildman–Crippen LogP) is 1.51. The largest absolute Gasteiger partial charge is 0.396 e. The zero-order chi connectivity index (χ0) is 12.5. The van der Waals surface area contributed by atoms with Gasteiger partial charge >= 0.3 is 0 Å². The van der Waals surface area contributed by atoms with Crippen LogP contribution >= 0.6 is 23.1 Å². The first-order valence-electron chi connectivity index (χ1n) is 5.63. The van der Waals surface area contributed by atoms with Crippen molar-refractivity contribution in [3.8, 4) is 0 Å². The fraction of sp³-hybridized carbons (Fsp3) is 0.364. The first kappa shape index (κ1) is 11.7. The maximum Gasteiger partial charge on any atom is 0.263 e. The number of nitrogen functional groups attached to an aromatic ring is 1. The summed E-state index contributed by atoms with van der Waals surface area (Å²) in [6.07, 6.45) is 4.21. The fourth-order valence-corrected chi connectivity index (χ4v) is 3.99. The highest BCUT2D eigenvalue weighted by atomic mass is 32.2. The fourth-order valence-electron chi connectivity index (χ4n) is 1.91. The van der Waals surface area contributed by atoms with Crippen molar-refractivity contribution in [2.45, 2.75) is 12.5 Å². The molecule has 94 valence electrons. The van der Waals surface area contributed by atoms with E-state index >= 15 is 0 Å². The van der Waals surface area contributed by atoms with Crippen LogP contribution in [0.15, 0.2) is 12.4 Å². The molecule has 3 N–H and O–H groups in total. The van der Waals surface area contributed by atoms with Crippen LogP contribution in [-0.2, 0) is 0 Å². The van der Waals surface area contributed by atoms with Gasteiger partial charge < -0.3 is 11.1 Å². The Hall–Kier alpha value is -1.34. The van der Waals surface area contributed by atoms with Crippen molar-refractivity contribution in [1.82, 2.24) is 15.3 Å². The molecule has 0 aliphatic carbocycles. The number of rotatable bonds is 2. The highest BCUT2D eigenvalue weighted by Gasteiger charge is 2.22. The molecule has 1 aliphatic heterocycles. The zero-order valence-corrected chi connectivity index (χ0v) is 11.2. The van der Waals surface area contributed by atoms with E-state index in [1.54, 1.807) is 12.4 Å². The van der Waals surface area contributed by atoms with Crippen molar-refractivity contribution >= 4 is 45.0 Å². The van der Waals surface area contributed by atoms with Crippen LogP contribution in [0.25, 0.3) is 10.3 Å². The van der Waals surface area contributed by atoms with E-state index in [9.17, 15) is 4.79 Å². The second kappa shape index (κ2) is 4.74. The molecule has 1 aliphatic rings. The Kier molecular flexibility index (Phi) is 3.09. The van der Waals surface area contributed by atoms with Gasteiger partial charge in [0.2, 0.25) is 0 Å². The molecule has 2 aromatic rings. The number of carbonyl (C=O) groups excluding carboxylic acids is 1. The Morgan fingerprint density at radius 2 is 2.28 bits per heavy atom. The van der Waals surface area contributed by atoms with E-state index in [0.29, 0.717) is 20.9 Å². The van der Waals surface area contributed by atoms with Crippen LogP contribution < -0.4 is 11.1 Å². The number of aromatic nitrogens is 2. The van der Waals surface area contributed by atoms with Gasteiger partial charge in [-0.3, -0.25) is 4.79 Å². The normalized spacial score (nSPS) is 19.2. The third kappa shape index (κ3) is 2.04. The molecule has 1 atom stereocenters. The highest BCUT2D eigenvalue weighted by molar-refractivity contribution is 7.99. The first-order chi connectivity index (χ1) is 8.75. The maximum absolute atomic E-state index is 12.1. The van der Waals surface area contributed by atoms with Gasteiger partial charge in [0.05, 0.1) is 5.69 Å². The Morgan fingerprint density at radius 3 is 3.00 bits per heavy atom. The SMILES string of the molecule is Nc1c(C(=O)NC2CCSC2)sc2nccnc12. The number of fused-ring (bicyclic) bond motifs is 1. The van der Waals surface area contributed by atoms with E-state index < -0.39 is 0 Å². The van der Waals surface area contributed by atoms with Gasteiger partial charge in [0.1, 0.15) is 15.2 Å². The molecule has 3 heterocycles. The van der Waals surface area contributed by atoms with E-state index in [4.69, 9.17) is 5.73 Å². The zero-order valence-electron chi connectivity index (χ0n) is 9.55. The summed E-state index contributed by atoms with van der Waals surface area (Å²) in [6, 6.07) is 0.257. The minimum Gasteiger partial charge on any atom is -0.396 e. The molecular weight excluding hydrogens is 268 g/mol. The van der Waals surface area contributed by atoms with Crippen molar-refractivity contribution in [2.75, 3.05) is 17.2 Å². The van der Waals surface area contributed by atoms with E-state index in [1.807, 2.05) is 11.8 Å². The van der Waals surface area contributed by atoms with Crippen molar-refractivity contribution in [2.24, 2.45) is 0 Å². The monoisotopic (exact) mass is 280 g/mol. The van der Waals surface area contributed by atoms with Gasteiger partial charge in [-0.15, -0.1) is 11.3 Å². The van der Waals surface area contributed by atoms with Gasteiger partial charge in [-0.1, -0.05) is 0 Å². The minimum atomic E-state index is -0.107. The van der Waals surface area contributed by atoms with Gasteiger partial charge in [0.25, 0.3) is 5.91 Å². The van der Waals surface area contributed by atoms with Crippen LogP contribution in [0, 0.1) is 0 Å². The second-order valence-corrected chi connectivity index (χ2v) is 6.24. The number of hydrogen-bond donors (Lipinski definition) is 2. The molecule has 2 aromatic heterocycles. The number of hydrogen-bond acceptors (Lipinski definition) is 6. The predicted molar refractivity (Wildman–Crippen MR) is 75.0 cm³/mol. The summed E-state index contributed by atoms with van der Waals surface area (Å²) in [7, 11) is 0. The van der Waals surface area contributed by atoms with E-state index in [-0.39, 0.29) is 11.9 Å². The third-order valence-corrected chi connectivity index (χ3v) is 5.10. The van der Waals surface area contributed by atoms with Crippen LogP contribution in [0.5, 0.6) is 0 Å². The second-order valence-electron chi connectivity index (χ2n) is 4.09. The smallest absolute Gasteiger partial charge is 0.263 e. The van der Waals surface area contributed by atoms with Crippen LogP contribution in [0.4, 0.5) is 5.69 Å². The first-order valence-corrected chi connectivity index (χ1v) is 7.60. The van der Waals surface area contributed by atoms with E-state index in [0.717, 1.165) is 17.9 Å². The Labute approximate surface area is 112 Å². The lowest BCUT2D eigenvalue weighted by molar-refractivity contribution is 0.0946. The van der Waals surface area contributed by atoms with Crippen LogP contribution in [0.3, 0.4) is 0 Å². The number of nitrogens with zero attached hydrogens (tertiary/aromatic N) is 2. The lowest BCUT2D eigenvalue weighted by atomic mass is 10.2. The molecule has 0 spiro atoms. The standard InChI is InChI=1S/C11H12N4OS2/c12-7-8-11(14-3-2-13-8)18-9(7)10(16)15-6-1-4-17-5-6/h2-3,6H,1,4-5,12H2,(H,15,16). The summed E-state index contributed by atoms with van der Waals surface area (Å²) in [5.41, 5.74) is 7.01. The third-order valence-electron chi connectivity index (χ3n) is 2.83. The summed E-state index contributed by atoms with van der Waals surface area (Å²) >= 11 is 3.16. The molecule has 1 fully saturated rings. The Morgan fingerprint density at radius 1 is 1.44 bits per heavy atom. The number of amides is 1. The average Bonchev–Trinajstić information content (AvgIpc) is 2.98. The lowest BCUT2D eigenvalue weighted by Gasteiger charge is -2.10. The topological polar surface area (TPSA) is 80.9 Å². The quantitative estimate of drug-likeness (QED) is 0.871. The van der Waals surface area contributed by atoms with Gasteiger partial charge in [-0.2, -0.15) is 11.8 Å². The number of thiophene rings is 1. The number of carbonyl (C=O) groups is 1. The number of nitrogens with one attached hydrogen (secondary N) is 1. The van der Waals surface area contributed by atoms with Crippen molar-refractivity contribution < 1.29 is 4.79 Å². The summed E-state index contributed by atoms with van der Waals surface area (Å²) in [5.74, 6) is 1.98. The summed E-state index contributed by atoms with van der Waals surface area (Å²) in [4.78, 5) is 21.7. The van der Waals surface area contributed by atoms with Crippen LogP contribution in [0.1, 0.15) is 16.1 Å². The number of anilines is 1. The summed E-state index contributed by atoms with van der Waals surface area (Å²) in [6.45, 7) is 0. The van der Waals surface area contributed by atoms with Crippen molar-refractivity contribution in [3.05, 3.63) is 17.3 Å². The van der Waals surface area contributed by atoms with E-state index in [1.165, 1.54) is 11.3 Å². The molecule has 0 radical (unpaired) electrons. The maximum atomic E-state index is 12.1. The van der Waals surface area contributed by atoms with E-state index in [2.05, 4.69) is 15.3 Å². The molecule has 7 heteroatoms. The van der Waals surface area contributed by atoms with Crippen molar-refractivity contribution in [1.29, 1.82) is 0 Å². The number of nitrogens with two attached hydrogens (primary N) is 1. The van der Waals surface area contributed by atoms with Gasteiger partial charge in [0.15, 0.2) is 0 Å².